The third-order valence-electron chi connectivity index (χ3n) is 9.95. The number of carboxylic acids is 1. The van der Waals surface area contributed by atoms with Crippen LogP contribution in [0.3, 0.4) is 0 Å². The SMILES string of the molecule is CCCCCCC(=O)CCCCCC/C=C/C[C@@H](O)[C@H](O)C[C@](CO)(NC(=O)OCOC(=O)C1CCC(CN2C(=O)CC(SC)C2=O)CC1)C(=O)O. The van der Waals surface area contributed by atoms with Crippen LogP contribution in [-0.4, -0.2) is 110 Å². The van der Waals surface area contributed by atoms with E-state index in [1.165, 1.54) is 23.1 Å². The van der Waals surface area contributed by atoms with Gasteiger partial charge in [0, 0.05) is 32.2 Å². The van der Waals surface area contributed by atoms with Crippen molar-refractivity contribution in [3.63, 3.8) is 0 Å². The van der Waals surface area contributed by atoms with Crippen LogP contribution in [-0.2, 0) is 33.4 Å². The third kappa shape index (κ3) is 15.5. The fourth-order valence-electron chi connectivity index (χ4n) is 6.54. The number of hydrogen-bond acceptors (Lipinski definition) is 12. The summed E-state index contributed by atoms with van der Waals surface area (Å²) in [6, 6.07) is 0. The second-order valence-electron chi connectivity index (χ2n) is 14.0. The highest BCUT2D eigenvalue weighted by Gasteiger charge is 2.44. The number of aliphatic hydroxyl groups is 3. The average Bonchev–Trinajstić information content (AvgIpc) is 3.39. The lowest BCUT2D eigenvalue weighted by atomic mass is 9.82. The summed E-state index contributed by atoms with van der Waals surface area (Å²) in [4.78, 5) is 74.9. The molecule has 0 aromatic heterocycles. The Balaban J connectivity index is 1.67. The van der Waals surface area contributed by atoms with Gasteiger partial charge in [0.2, 0.25) is 18.6 Å². The molecule has 0 aromatic rings. The van der Waals surface area contributed by atoms with E-state index >= 15 is 0 Å². The molecule has 1 saturated carbocycles. The summed E-state index contributed by atoms with van der Waals surface area (Å²) in [5.74, 6) is -2.70. The number of nitrogens with zero attached hydrogens (tertiary/aromatic N) is 1. The van der Waals surface area contributed by atoms with E-state index in [0.29, 0.717) is 50.9 Å². The zero-order valence-corrected chi connectivity index (χ0v) is 31.6. The molecule has 14 nitrogen and oxygen atoms in total. The second kappa shape index (κ2) is 24.3. The standard InChI is InChI=1S/C37H60N2O12S/c1-3-4-5-11-14-28(41)15-12-9-7-6-8-10-13-16-29(42)30(43)22-37(24-40,35(47)48)38-36(49)51-25-50-34(46)27-19-17-26(18-20-27)23-39-32(44)21-31(52-2)33(39)45/h10,13,26-27,29-31,40,42-43H,3-9,11-12,14-25H2,1-2H3,(H,38,49)(H,47,48)/b13-10+/t26?,27?,29-,30-,31?,37-/m1/s1. The van der Waals surface area contributed by atoms with Gasteiger partial charge in [-0.1, -0.05) is 51.2 Å². The Morgan fingerprint density at radius 1 is 0.942 bits per heavy atom. The lowest BCUT2D eigenvalue weighted by Gasteiger charge is -2.31. The molecule has 1 unspecified atom stereocenters. The number of alkyl carbamates (subject to hydrolysis) is 1. The molecule has 3 amide bonds. The molecule has 296 valence electrons. The monoisotopic (exact) mass is 756 g/mol. The van der Waals surface area contributed by atoms with Gasteiger partial charge in [-0.2, -0.15) is 11.8 Å². The lowest BCUT2D eigenvalue weighted by Crippen LogP contribution is -2.60. The number of allylic oxidation sites excluding steroid dienone is 1. The Hall–Kier alpha value is -3.01. The summed E-state index contributed by atoms with van der Waals surface area (Å²) in [6.07, 6.45) is 12.8. The molecular formula is C37H60N2O12S. The van der Waals surface area contributed by atoms with E-state index in [9.17, 15) is 49.2 Å². The van der Waals surface area contributed by atoms with E-state index in [1.807, 2.05) is 11.4 Å². The van der Waals surface area contributed by atoms with Crippen molar-refractivity contribution in [1.82, 2.24) is 10.2 Å². The number of likely N-dealkylation sites (tertiary alicyclic amines) is 1. The van der Waals surface area contributed by atoms with Crippen LogP contribution in [0, 0.1) is 11.8 Å². The van der Waals surface area contributed by atoms with E-state index in [2.05, 4.69) is 6.92 Å². The molecule has 0 spiro atoms. The number of amides is 3. The molecule has 2 aliphatic rings. The second-order valence-corrected chi connectivity index (χ2v) is 15.1. The van der Waals surface area contributed by atoms with Crippen LogP contribution < -0.4 is 5.32 Å². The van der Waals surface area contributed by atoms with Gasteiger partial charge in [0.05, 0.1) is 30.0 Å². The molecule has 4 atom stereocenters. The van der Waals surface area contributed by atoms with E-state index in [0.717, 1.165) is 51.4 Å². The van der Waals surface area contributed by atoms with Gasteiger partial charge >= 0.3 is 18.0 Å². The minimum atomic E-state index is -2.38. The summed E-state index contributed by atoms with van der Waals surface area (Å²) >= 11 is 1.36. The molecule has 0 aromatic carbocycles. The summed E-state index contributed by atoms with van der Waals surface area (Å²) in [5.41, 5.74) is -2.38. The number of nitrogens with one attached hydrogen (secondary N) is 1. The third-order valence-corrected chi connectivity index (χ3v) is 10.9. The van der Waals surface area contributed by atoms with Gasteiger partial charge in [0.25, 0.3) is 0 Å². The maximum atomic E-state index is 12.6. The van der Waals surface area contributed by atoms with Gasteiger partial charge in [0.15, 0.2) is 5.54 Å². The van der Waals surface area contributed by atoms with Crippen LogP contribution in [0.5, 0.6) is 0 Å². The Morgan fingerprint density at radius 2 is 1.60 bits per heavy atom. The number of rotatable bonds is 26. The van der Waals surface area contributed by atoms with Crippen molar-refractivity contribution >= 4 is 47.4 Å². The maximum Gasteiger partial charge on any atom is 0.411 e. The molecule has 15 heteroatoms. The summed E-state index contributed by atoms with van der Waals surface area (Å²) in [5, 5.41) is 42.3. The molecule has 2 rings (SSSR count). The van der Waals surface area contributed by atoms with Crippen LogP contribution >= 0.6 is 11.8 Å². The number of aliphatic hydroxyl groups excluding tert-OH is 3. The van der Waals surface area contributed by atoms with Gasteiger partial charge < -0.3 is 35.2 Å². The minimum absolute atomic E-state index is 0.0180. The Bertz CT molecular complexity index is 1190. The van der Waals surface area contributed by atoms with Crippen molar-refractivity contribution in [1.29, 1.82) is 0 Å². The van der Waals surface area contributed by atoms with Crippen LogP contribution in [0.1, 0.15) is 122 Å². The van der Waals surface area contributed by atoms with Crippen LogP contribution in [0.25, 0.3) is 0 Å². The number of imide groups is 1. The van der Waals surface area contributed by atoms with Gasteiger partial charge in [-0.15, -0.1) is 0 Å². The van der Waals surface area contributed by atoms with Crippen molar-refractivity contribution < 1.29 is 58.7 Å². The van der Waals surface area contributed by atoms with E-state index < -0.39 is 61.5 Å². The quantitative estimate of drug-likeness (QED) is 0.0274. The van der Waals surface area contributed by atoms with E-state index in [-0.39, 0.29) is 35.8 Å². The van der Waals surface area contributed by atoms with Gasteiger partial charge in [0.1, 0.15) is 5.78 Å². The van der Waals surface area contributed by atoms with Crippen molar-refractivity contribution in [3.05, 3.63) is 12.2 Å². The molecule has 0 radical (unpaired) electrons. The highest BCUT2D eigenvalue weighted by molar-refractivity contribution is 8.00. The van der Waals surface area contributed by atoms with Crippen LogP contribution in [0.15, 0.2) is 12.2 Å². The first-order valence-electron chi connectivity index (χ1n) is 18.7. The van der Waals surface area contributed by atoms with Gasteiger partial charge in [-0.25, -0.2) is 9.59 Å². The first-order valence-corrected chi connectivity index (χ1v) is 20.0. The molecule has 0 bridgehead atoms. The highest BCUT2D eigenvalue weighted by atomic mass is 32.2. The largest absolute Gasteiger partial charge is 0.479 e. The van der Waals surface area contributed by atoms with Crippen LogP contribution in [0.4, 0.5) is 4.79 Å². The van der Waals surface area contributed by atoms with Crippen molar-refractivity contribution in [2.75, 3.05) is 26.2 Å². The molecule has 5 N–H and O–H groups in total. The first kappa shape index (κ1) is 45.1. The molecular weight excluding hydrogens is 696 g/mol. The Morgan fingerprint density at radius 3 is 2.19 bits per heavy atom. The summed E-state index contributed by atoms with van der Waals surface area (Å²) < 4.78 is 9.91. The number of carbonyl (C=O) groups is 6. The topological polar surface area (TPSA) is 217 Å². The van der Waals surface area contributed by atoms with E-state index in [4.69, 9.17) is 9.47 Å². The number of ketones is 1. The molecule has 2 fully saturated rings. The molecule has 1 saturated heterocycles. The van der Waals surface area contributed by atoms with Gasteiger partial charge in [-0.3, -0.25) is 24.1 Å². The number of Topliss-reactive ketones (excluding diaryl/α,β-unsaturated/α-hetero) is 1. The number of thioether (sulfide) groups is 1. The van der Waals surface area contributed by atoms with Gasteiger partial charge in [-0.05, 0) is 70.0 Å². The van der Waals surface area contributed by atoms with Crippen LogP contribution in [0.2, 0.25) is 0 Å². The molecule has 1 heterocycles. The Kier molecular flexibility index (Phi) is 21.1. The molecule has 1 aliphatic carbocycles. The highest BCUT2D eigenvalue weighted by Crippen LogP contribution is 2.32. The average molecular weight is 757 g/mol. The number of carboxylic acid groups (broad SMARTS) is 1. The van der Waals surface area contributed by atoms with Crippen molar-refractivity contribution in [3.8, 4) is 0 Å². The Labute approximate surface area is 311 Å². The van der Waals surface area contributed by atoms with E-state index in [1.54, 1.807) is 12.3 Å². The number of aliphatic carboxylic acids is 1. The number of unbranched alkanes of at least 4 members (excludes halogenated alkanes) is 7. The zero-order valence-electron chi connectivity index (χ0n) is 30.8. The summed E-state index contributed by atoms with van der Waals surface area (Å²) in [6.45, 7) is 0.537. The van der Waals surface area contributed by atoms with Crippen molar-refractivity contribution in [2.45, 2.75) is 145 Å². The minimum Gasteiger partial charge on any atom is -0.479 e. The molecule has 52 heavy (non-hydrogen) atoms. The fourth-order valence-corrected chi connectivity index (χ4v) is 7.18. The zero-order chi connectivity index (χ0) is 38.5. The number of carbonyl (C=O) groups excluding carboxylic acids is 5. The summed E-state index contributed by atoms with van der Waals surface area (Å²) in [7, 11) is 0. The lowest BCUT2D eigenvalue weighted by molar-refractivity contribution is -0.159. The van der Waals surface area contributed by atoms with Crippen molar-refractivity contribution in [2.24, 2.45) is 11.8 Å². The fraction of sp³-hybridized carbons (Fsp3) is 0.784. The predicted molar refractivity (Wildman–Crippen MR) is 194 cm³/mol. The number of esters is 1. The smallest absolute Gasteiger partial charge is 0.411 e. The normalized spacial score (nSPS) is 21.5. The maximum absolute atomic E-state index is 12.6. The number of hydrogen-bond donors (Lipinski definition) is 5. The first-order chi connectivity index (χ1) is 24.9. The number of ether oxygens (including phenoxy) is 2. The molecule has 1 aliphatic heterocycles. The predicted octanol–water partition coefficient (Wildman–Crippen LogP) is 4.26.